The second-order valence-corrected chi connectivity index (χ2v) is 5.23. The molecule has 0 bridgehead atoms. The topological polar surface area (TPSA) is 42.0 Å². The Morgan fingerprint density at radius 1 is 1.39 bits per heavy atom. The van der Waals surface area contributed by atoms with E-state index in [4.69, 9.17) is 0 Å². The van der Waals surface area contributed by atoms with Crippen molar-refractivity contribution in [3.63, 3.8) is 0 Å². The predicted octanol–water partition coefficient (Wildman–Crippen LogP) is 3.55. The molecule has 0 fully saturated rings. The zero-order chi connectivity index (χ0) is 13.2. The summed E-state index contributed by atoms with van der Waals surface area (Å²) in [5.74, 6) is -0.0155. The zero-order valence-electron chi connectivity index (χ0n) is 11.2. The lowest BCUT2D eigenvalue weighted by Crippen LogP contribution is -2.21. The zero-order valence-corrected chi connectivity index (χ0v) is 12.1. The van der Waals surface area contributed by atoms with E-state index in [1.807, 2.05) is 13.0 Å². The maximum Gasteiger partial charge on any atom is 0.244 e. The summed E-state index contributed by atoms with van der Waals surface area (Å²) in [7, 11) is 0. The first-order valence-electron chi connectivity index (χ1n) is 6.60. The predicted molar refractivity (Wildman–Crippen MR) is 77.7 cm³/mol. The summed E-state index contributed by atoms with van der Waals surface area (Å²) in [6.07, 6.45) is 9.50. The molecule has 1 heterocycles. The molecule has 100 valence electrons. The fraction of sp³-hybridized carbons (Fsp3) is 0.571. The van der Waals surface area contributed by atoms with E-state index in [-0.39, 0.29) is 5.91 Å². The van der Waals surface area contributed by atoms with Crippen LogP contribution in [0.5, 0.6) is 0 Å². The summed E-state index contributed by atoms with van der Waals surface area (Å²) in [5, 5.41) is 2.90. The molecule has 1 aromatic rings. The Hall–Kier alpha value is -1.16. The quantitative estimate of drug-likeness (QED) is 0.577. The molecule has 0 saturated heterocycles. The maximum absolute atomic E-state index is 11.5. The van der Waals surface area contributed by atoms with E-state index < -0.39 is 0 Å². The standard InChI is InChI=1S/C14H22N2OS/c1-3-4-5-6-7-10-15-14(17)9-8-13-12(2)16-11-18-13/h8-9,11H,3-7,10H2,1-2H3,(H,15,17)/b9-8+. The van der Waals surface area contributed by atoms with Gasteiger partial charge in [0.05, 0.1) is 11.2 Å². The van der Waals surface area contributed by atoms with Gasteiger partial charge in [0.2, 0.25) is 5.91 Å². The average molecular weight is 266 g/mol. The summed E-state index contributed by atoms with van der Waals surface area (Å²) in [5.41, 5.74) is 2.77. The minimum Gasteiger partial charge on any atom is -0.353 e. The van der Waals surface area contributed by atoms with Gasteiger partial charge in [0.1, 0.15) is 0 Å². The second kappa shape index (κ2) is 8.86. The third-order valence-electron chi connectivity index (χ3n) is 2.75. The number of thiazole rings is 1. The van der Waals surface area contributed by atoms with Gasteiger partial charge in [-0.15, -0.1) is 11.3 Å². The van der Waals surface area contributed by atoms with Gasteiger partial charge < -0.3 is 5.32 Å². The molecule has 0 aromatic carbocycles. The molecule has 1 aromatic heterocycles. The summed E-state index contributed by atoms with van der Waals surface area (Å²) in [6.45, 7) is 4.92. The Balaban J connectivity index is 2.14. The first-order valence-corrected chi connectivity index (χ1v) is 7.48. The molecule has 0 unspecified atom stereocenters. The lowest BCUT2D eigenvalue weighted by atomic mass is 10.1. The first kappa shape index (κ1) is 14.9. The van der Waals surface area contributed by atoms with Crippen LogP contribution in [0.25, 0.3) is 6.08 Å². The van der Waals surface area contributed by atoms with E-state index in [2.05, 4.69) is 17.2 Å². The van der Waals surface area contributed by atoms with E-state index in [1.54, 1.807) is 22.9 Å². The van der Waals surface area contributed by atoms with Crippen LogP contribution < -0.4 is 5.32 Å². The van der Waals surface area contributed by atoms with Gasteiger partial charge in [-0.25, -0.2) is 4.98 Å². The fourth-order valence-corrected chi connectivity index (χ4v) is 2.32. The number of carbonyl (C=O) groups is 1. The molecule has 4 heteroatoms. The van der Waals surface area contributed by atoms with Gasteiger partial charge in [-0.05, 0) is 19.4 Å². The van der Waals surface area contributed by atoms with Crippen molar-refractivity contribution in [1.82, 2.24) is 10.3 Å². The van der Waals surface area contributed by atoms with Gasteiger partial charge in [0, 0.05) is 17.5 Å². The molecular formula is C14H22N2OS. The molecule has 18 heavy (non-hydrogen) atoms. The van der Waals surface area contributed by atoms with Crippen LogP contribution in [0.15, 0.2) is 11.6 Å². The lowest BCUT2D eigenvalue weighted by Gasteiger charge is -2.01. The van der Waals surface area contributed by atoms with Crippen molar-refractivity contribution >= 4 is 23.3 Å². The number of aromatic nitrogens is 1. The average Bonchev–Trinajstić information content (AvgIpc) is 2.77. The lowest BCUT2D eigenvalue weighted by molar-refractivity contribution is -0.116. The second-order valence-electron chi connectivity index (χ2n) is 4.34. The van der Waals surface area contributed by atoms with Crippen LogP contribution in [-0.2, 0) is 4.79 Å². The number of hydrogen-bond donors (Lipinski definition) is 1. The molecule has 0 aliphatic heterocycles. The van der Waals surface area contributed by atoms with Gasteiger partial charge in [0.15, 0.2) is 0 Å². The number of hydrogen-bond acceptors (Lipinski definition) is 3. The molecule has 1 rings (SSSR count). The van der Waals surface area contributed by atoms with Crippen LogP contribution in [-0.4, -0.2) is 17.4 Å². The van der Waals surface area contributed by atoms with Gasteiger partial charge in [-0.3, -0.25) is 4.79 Å². The van der Waals surface area contributed by atoms with Crippen molar-refractivity contribution < 1.29 is 4.79 Å². The number of amides is 1. The smallest absolute Gasteiger partial charge is 0.244 e. The number of nitrogens with one attached hydrogen (secondary N) is 1. The largest absolute Gasteiger partial charge is 0.353 e. The van der Waals surface area contributed by atoms with E-state index in [0.717, 1.165) is 23.5 Å². The van der Waals surface area contributed by atoms with Crippen LogP contribution in [0.2, 0.25) is 0 Å². The SMILES string of the molecule is CCCCCCCNC(=O)/C=C/c1scnc1C. The number of aryl methyl sites for hydroxylation is 1. The molecule has 0 aliphatic rings. The van der Waals surface area contributed by atoms with Crippen LogP contribution in [0, 0.1) is 6.92 Å². The van der Waals surface area contributed by atoms with E-state index in [9.17, 15) is 4.79 Å². The van der Waals surface area contributed by atoms with Crippen molar-refractivity contribution in [2.75, 3.05) is 6.54 Å². The van der Waals surface area contributed by atoms with Gasteiger partial charge in [-0.2, -0.15) is 0 Å². The van der Waals surface area contributed by atoms with E-state index >= 15 is 0 Å². The number of unbranched alkanes of at least 4 members (excludes halogenated alkanes) is 4. The first-order chi connectivity index (χ1) is 8.74. The van der Waals surface area contributed by atoms with Crippen LogP contribution in [0.4, 0.5) is 0 Å². The molecule has 0 atom stereocenters. The highest BCUT2D eigenvalue weighted by molar-refractivity contribution is 7.10. The number of rotatable bonds is 8. The van der Waals surface area contributed by atoms with E-state index in [1.165, 1.54) is 25.7 Å². The molecule has 1 amide bonds. The Labute approximate surface area is 113 Å². The Morgan fingerprint density at radius 2 is 2.17 bits per heavy atom. The van der Waals surface area contributed by atoms with Crippen molar-refractivity contribution in [2.45, 2.75) is 46.0 Å². The molecule has 0 saturated carbocycles. The number of nitrogens with zero attached hydrogens (tertiary/aromatic N) is 1. The highest BCUT2D eigenvalue weighted by Gasteiger charge is 1.98. The normalized spacial score (nSPS) is 11.0. The fourth-order valence-electron chi connectivity index (χ4n) is 1.62. The van der Waals surface area contributed by atoms with Crippen LogP contribution >= 0.6 is 11.3 Å². The third kappa shape index (κ3) is 5.96. The van der Waals surface area contributed by atoms with Crippen molar-refractivity contribution in [1.29, 1.82) is 0 Å². The highest BCUT2D eigenvalue weighted by atomic mass is 32.1. The Kier molecular flexibility index (Phi) is 7.34. The molecule has 1 N–H and O–H groups in total. The van der Waals surface area contributed by atoms with Crippen molar-refractivity contribution in [3.8, 4) is 0 Å². The maximum atomic E-state index is 11.5. The van der Waals surface area contributed by atoms with Crippen molar-refractivity contribution in [2.24, 2.45) is 0 Å². The van der Waals surface area contributed by atoms with Gasteiger partial charge in [0.25, 0.3) is 0 Å². The molecule has 0 spiro atoms. The molecular weight excluding hydrogens is 244 g/mol. The minimum absolute atomic E-state index is 0.0155. The Morgan fingerprint density at radius 3 is 2.83 bits per heavy atom. The van der Waals surface area contributed by atoms with Crippen LogP contribution in [0.1, 0.15) is 49.6 Å². The van der Waals surface area contributed by atoms with Crippen LogP contribution in [0.3, 0.4) is 0 Å². The van der Waals surface area contributed by atoms with E-state index in [0.29, 0.717) is 0 Å². The van der Waals surface area contributed by atoms with Crippen molar-refractivity contribution in [3.05, 3.63) is 22.2 Å². The summed E-state index contributed by atoms with van der Waals surface area (Å²) < 4.78 is 0. The highest BCUT2D eigenvalue weighted by Crippen LogP contribution is 2.13. The molecule has 0 aliphatic carbocycles. The van der Waals surface area contributed by atoms with Gasteiger partial charge in [-0.1, -0.05) is 32.6 Å². The minimum atomic E-state index is -0.0155. The summed E-state index contributed by atoms with van der Waals surface area (Å²) in [6, 6.07) is 0. The third-order valence-corrected chi connectivity index (χ3v) is 3.64. The summed E-state index contributed by atoms with van der Waals surface area (Å²) in [4.78, 5) is 16.7. The van der Waals surface area contributed by atoms with Gasteiger partial charge >= 0.3 is 0 Å². The summed E-state index contributed by atoms with van der Waals surface area (Å²) >= 11 is 1.55. The molecule has 3 nitrogen and oxygen atoms in total. The Bertz CT molecular complexity index is 385. The monoisotopic (exact) mass is 266 g/mol. The number of carbonyl (C=O) groups excluding carboxylic acids is 1. The molecule has 0 radical (unpaired) electrons.